The first kappa shape index (κ1) is 10.3. The highest BCUT2D eigenvalue weighted by atomic mass is 127. The van der Waals surface area contributed by atoms with Crippen molar-refractivity contribution in [1.29, 1.82) is 0 Å². The lowest BCUT2D eigenvalue weighted by Crippen LogP contribution is -2.04. The Kier molecular flexibility index (Phi) is 2.85. The van der Waals surface area contributed by atoms with Gasteiger partial charge in [0.2, 0.25) is 0 Å². The molecule has 15 heavy (non-hydrogen) atoms. The topological polar surface area (TPSA) is 80.5 Å². The van der Waals surface area contributed by atoms with E-state index >= 15 is 0 Å². The van der Waals surface area contributed by atoms with Crippen molar-refractivity contribution >= 4 is 28.4 Å². The summed E-state index contributed by atoms with van der Waals surface area (Å²) in [6.07, 6.45) is 4.23. The second-order valence-electron chi connectivity index (χ2n) is 2.98. The van der Waals surface area contributed by atoms with Crippen molar-refractivity contribution in [3.8, 4) is 11.6 Å². The second kappa shape index (κ2) is 4.13. The summed E-state index contributed by atoms with van der Waals surface area (Å²) in [5.74, 6) is 1.71. The average molecular weight is 315 g/mol. The lowest BCUT2D eigenvalue weighted by Gasteiger charge is -2.05. The third kappa shape index (κ3) is 1.94. The molecule has 0 unspecified atom stereocenters. The fourth-order valence-corrected chi connectivity index (χ4v) is 1.86. The normalized spacial score (nSPS) is 10.5. The number of aromatic amines is 1. The summed E-state index contributed by atoms with van der Waals surface area (Å²) in [4.78, 5) is 15.6. The van der Waals surface area contributed by atoms with Crippen LogP contribution in [0.4, 0.5) is 5.82 Å². The van der Waals surface area contributed by atoms with Gasteiger partial charge in [-0.05, 0) is 29.0 Å². The molecule has 0 fully saturated rings. The van der Waals surface area contributed by atoms with Crippen molar-refractivity contribution < 1.29 is 0 Å². The van der Waals surface area contributed by atoms with Crippen molar-refractivity contribution in [3.05, 3.63) is 21.7 Å². The zero-order valence-corrected chi connectivity index (χ0v) is 10.3. The number of rotatable bonds is 2. The Morgan fingerprint density at radius 1 is 1.47 bits per heavy atom. The molecule has 78 valence electrons. The van der Waals surface area contributed by atoms with E-state index in [1.165, 1.54) is 0 Å². The van der Waals surface area contributed by atoms with Gasteiger partial charge in [0.15, 0.2) is 11.6 Å². The summed E-state index contributed by atoms with van der Waals surface area (Å²) in [5, 5.41) is 0. The highest BCUT2D eigenvalue weighted by Gasteiger charge is 2.11. The van der Waals surface area contributed by atoms with Crippen LogP contribution in [0.1, 0.15) is 12.6 Å². The lowest BCUT2D eigenvalue weighted by molar-refractivity contribution is 0.983. The molecule has 0 aliphatic carbocycles. The molecule has 3 N–H and O–H groups in total. The van der Waals surface area contributed by atoms with Crippen LogP contribution in [0, 0.1) is 3.57 Å². The summed E-state index contributed by atoms with van der Waals surface area (Å²) in [5.41, 5.74) is 6.76. The molecular formula is C9H10IN5. The highest BCUT2D eigenvalue weighted by Crippen LogP contribution is 2.20. The van der Waals surface area contributed by atoms with Crippen LogP contribution in [0.3, 0.4) is 0 Å². The summed E-state index contributed by atoms with van der Waals surface area (Å²) in [6.45, 7) is 2.04. The Morgan fingerprint density at radius 2 is 2.27 bits per heavy atom. The van der Waals surface area contributed by atoms with Crippen LogP contribution in [0.5, 0.6) is 0 Å². The van der Waals surface area contributed by atoms with Crippen molar-refractivity contribution in [2.24, 2.45) is 0 Å². The first-order valence-electron chi connectivity index (χ1n) is 4.54. The molecule has 0 aromatic carbocycles. The number of aryl methyl sites for hydroxylation is 1. The smallest absolute Gasteiger partial charge is 0.197 e. The van der Waals surface area contributed by atoms with Gasteiger partial charge < -0.3 is 10.7 Å². The number of nitrogens with zero attached hydrogens (tertiary/aromatic N) is 3. The number of anilines is 1. The fourth-order valence-electron chi connectivity index (χ4n) is 1.24. The maximum absolute atomic E-state index is 5.80. The average Bonchev–Trinajstić information content (AvgIpc) is 2.75. The molecule has 5 nitrogen and oxygen atoms in total. The van der Waals surface area contributed by atoms with Gasteiger partial charge in [0.25, 0.3) is 0 Å². The van der Waals surface area contributed by atoms with Gasteiger partial charge in [-0.25, -0.2) is 15.0 Å². The molecule has 0 amide bonds. The van der Waals surface area contributed by atoms with E-state index in [1.54, 1.807) is 12.4 Å². The van der Waals surface area contributed by atoms with E-state index in [2.05, 4.69) is 42.5 Å². The zero-order chi connectivity index (χ0) is 10.8. The molecule has 0 saturated heterocycles. The van der Waals surface area contributed by atoms with Gasteiger partial charge in [0.05, 0.1) is 9.26 Å². The largest absolute Gasteiger partial charge is 0.383 e. The predicted molar refractivity (Wildman–Crippen MR) is 66.1 cm³/mol. The van der Waals surface area contributed by atoms with Crippen LogP contribution in [-0.4, -0.2) is 19.9 Å². The van der Waals surface area contributed by atoms with E-state index in [9.17, 15) is 0 Å². The van der Waals surface area contributed by atoms with Crippen LogP contribution in [0.15, 0.2) is 12.4 Å². The number of imidazole rings is 1. The van der Waals surface area contributed by atoms with Gasteiger partial charge in [-0.1, -0.05) is 6.92 Å². The van der Waals surface area contributed by atoms with E-state index in [0.717, 1.165) is 15.7 Å². The van der Waals surface area contributed by atoms with Gasteiger partial charge >= 0.3 is 0 Å². The first-order valence-corrected chi connectivity index (χ1v) is 5.62. The van der Waals surface area contributed by atoms with Crippen LogP contribution in [0.2, 0.25) is 0 Å². The predicted octanol–water partition coefficient (Wildman–Crippen LogP) is 1.62. The minimum atomic E-state index is 0.508. The monoisotopic (exact) mass is 315 g/mol. The molecule has 0 spiro atoms. The van der Waals surface area contributed by atoms with Crippen LogP contribution in [-0.2, 0) is 6.42 Å². The maximum atomic E-state index is 5.80. The standard InChI is InChI=1S/C9H10IN5/c1-2-5-6(10)7(11)15-9(14-5)8-12-3-4-13-8/h3-4H,2H2,1H3,(H,12,13)(H2,11,14,15). The van der Waals surface area contributed by atoms with Crippen LogP contribution in [0.25, 0.3) is 11.6 Å². The molecule has 0 radical (unpaired) electrons. The fraction of sp³-hybridized carbons (Fsp3) is 0.222. The Balaban J connectivity index is 2.55. The quantitative estimate of drug-likeness (QED) is 0.825. The summed E-state index contributed by atoms with van der Waals surface area (Å²) < 4.78 is 0.922. The Bertz CT molecular complexity index is 466. The molecule has 2 rings (SSSR count). The van der Waals surface area contributed by atoms with Gasteiger partial charge in [-0.2, -0.15) is 0 Å². The molecular weight excluding hydrogens is 305 g/mol. The van der Waals surface area contributed by atoms with E-state index in [0.29, 0.717) is 17.5 Å². The van der Waals surface area contributed by atoms with Crippen molar-refractivity contribution in [3.63, 3.8) is 0 Å². The molecule has 0 saturated carbocycles. The SMILES string of the molecule is CCc1nc(-c2ncc[nH]2)nc(N)c1I. The number of H-pyrrole nitrogens is 1. The molecule has 0 aliphatic rings. The molecule has 0 bridgehead atoms. The summed E-state index contributed by atoms with van der Waals surface area (Å²) in [7, 11) is 0. The number of nitrogens with two attached hydrogens (primary N) is 1. The Hall–Kier alpha value is -1.18. The third-order valence-corrected chi connectivity index (χ3v) is 3.17. The van der Waals surface area contributed by atoms with Gasteiger partial charge in [0, 0.05) is 12.4 Å². The number of nitrogen functional groups attached to an aromatic ring is 1. The third-order valence-electron chi connectivity index (χ3n) is 1.99. The van der Waals surface area contributed by atoms with Crippen molar-refractivity contribution in [2.45, 2.75) is 13.3 Å². The molecule has 2 aromatic heterocycles. The molecule has 0 atom stereocenters. The first-order chi connectivity index (χ1) is 7.22. The van der Waals surface area contributed by atoms with Crippen molar-refractivity contribution in [2.75, 3.05) is 5.73 Å². The summed E-state index contributed by atoms with van der Waals surface area (Å²) in [6, 6.07) is 0. The lowest BCUT2D eigenvalue weighted by atomic mass is 10.3. The van der Waals surface area contributed by atoms with E-state index in [1.807, 2.05) is 6.92 Å². The number of halogens is 1. The maximum Gasteiger partial charge on any atom is 0.197 e. The van der Waals surface area contributed by atoms with E-state index in [-0.39, 0.29) is 0 Å². The van der Waals surface area contributed by atoms with Gasteiger partial charge in [-0.3, -0.25) is 0 Å². The minimum Gasteiger partial charge on any atom is -0.383 e. The van der Waals surface area contributed by atoms with Crippen molar-refractivity contribution in [1.82, 2.24) is 19.9 Å². The summed E-state index contributed by atoms with van der Waals surface area (Å²) >= 11 is 2.16. The molecule has 6 heteroatoms. The van der Waals surface area contributed by atoms with Crippen LogP contribution < -0.4 is 5.73 Å². The van der Waals surface area contributed by atoms with E-state index < -0.39 is 0 Å². The Labute approximate surface area is 101 Å². The van der Waals surface area contributed by atoms with E-state index in [4.69, 9.17) is 5.73 Å². The molecule has 0 aliphatic heterocycles. The molecule has 2 heterocycles. The number of nitrogens with one attached hydrogen (secondary N) is 1. The second-order valence-corrected chi connectivity index (χ2v) is 4.06. The van der Waals surface area contributed by atoms with Crippen LogP contribution >= 0.6 is 22.6 Å². The zero-order valence-electron chi connectivity index (χ0n) is 8.16. The van der Waals surface area contributed by atoms with Gasteiger partial charge in [-0.15, -0.1) is 0 Å². The Morgan fingerprint density at radius 3 is 2.87 bits per heavy atom. The number of hydrogen-bond donors (Lipinski definition) is 2. The van der Waals surface area contributed by atoms with Gasteiger partial charge in [0.1, 0.15) is 5.82 Å². The molecule has 2 aromatic rings. The minimum absolute atomic E-state index is 0.508. The number of aromatic nitrogens is 4. The highest BCUT2D eigenvalue weighted by molar-refractivity contribution is 14.1. The number of hydrogen-bond acceptors (Lipinski definition) is 4.